The molecule has 0 aliphatic rings. The van der Waals surface area contributed by atoms with Crippen LogP contribution in [-0.4, -0.2) is 27.5 Å². The maximum Gasteiger partial charge on any atom is 0.315 e. The number of amides is 2. The molecule has 126 valence electrons. The van der Waals surface area contributed by atoms with Gasteiger partial charge in [0, 0.05) is 24.8 Å². The number of rotatable bonds is 6. The van der Waals surface area contributed by atoms with Gasteiger partial charge in [-0.15, -0.1) is 0 Å². The lowest BCUT2D eigenvalue weighted by molar-refractivity contribution is 0.236. The highest BCUT2D eigenvalue weighted by molar-refractivity contribution is 5.74. The predicted octanol–water partition coefficient (Wildman–Crippen LogP) is 2.33. The Hall–Kier alpha value is -2.31. The third kappa shape index (κ3) is 3.91. The van der Waals surface area contributed by atoms with E-state index in [-0.39, 0.29) is 12.1 Å². The van der Waals surface area contributed by atoms with Crippen LogP contribution in [0.1, 0.15) is 47.7 Å². The normalized spacial score (nSPS) is 12.2. The van der Waals surface area contributed by atoms with Crippen LogP contribution in [0.2, 0.25) is 0 Å². The van der Waals surface area contributed by atoms with E-state index in [4.69, 9.17) is 4.52 Å². The van der Waals surface area contributed by atoms with Crippen LogP contribution >= 0.6 is 0 Å². The van der Waals surface area contributed by atoms with Gasteiger partial charge in [-0.3, -0.25) is 4.68 Å². The fraction of sp³-hybridized carbons (Fsp3) is 0.562. The monoisotopic (exact) mass is 319 g/mol. The molecule has 2 aromatic rings. The zero-order valence-electron chi connectivity index (χ0n) is 14.4. The van der Waals surface area contributed by atoms with E-state index in [9.17, 15) is 4.79 Å². The molecule has 23 heavy (non-hydrogen) atoms. The van der Waals surface area contributed by atoms with Crippen LogP contribution < -0.4 is 10.6 Å². The third-order valence-electron chi connectivity index (χ3n) is 4.17. The third-order valence-corrected chi connectivity index (χ3v) is 4.17. The number of carbonyl (C=O) groups excluding carboxylic acids is 1. The fourth-order valence-electron chi connectivity index (χ4n) is 2.68. The van der Waals surface area contributed by atoms with Gasteiger partial charge in [0.15, 0.2) is 0 Å². The second kappa shape index (κ2) is 7.30. The molecule has 2 aromatic heterocycles. The zero-order valence-corrected chi connectivity index (χ0v) is 14.4. The van der Waals surface area contributed by atoms with E-state index >= 15 is 0 Å². The summed E-state index contributed by atoms with van der Waals surface area (Å²) in [7, 11) is 1.91. The second-order valence-corrected chi connectivity index (χ2v) is 5.73. The molecule has 0 spiro atoms. The van der Waals surface area contributed by atoms with Crippen molar-refractivity contribution in [1.82, 2.24) is 25.6 Å². The first-order valence-corrected chi connectivity index (χ1v) is 7.88. The van der Waals surface area contributed by atoms with E-state index in [1.165, 1.54) is 0 Å². The molecule has 0 aromatic carbocycles. The van der Waals surface area contributed by atoms with Gasteiger partial charge in [0.05, 0.1) is 17.9 Å². The number of nitrogens with zero attached hydrogens (tertiary/aromatic N) is 3. The molecule has 2 rings (SSSR count). The Morgan fingerprint density at radius 3 is 2.65 bits per heavy atom. The molecule has 0 aliphatic heterocycles. The lowest BCUT2D eigenvalue weighted by atomic mass is 10.0. The Balaban J connectivity index is 1.87. The van der Waals surface area contributed by atoms with Crippen LogP contribution in [0.3, 0.4) is 0 Å². The van der Waals surface area contributed by atoms with Gasteiger partial charge in [-0.1, -0.05) is 12.1 Å². The minimum atomic E-state index is -0.182. The summed E-state index contributed by atoms with van der Waals surface area (Å²) in [6.45, 7) is 8.36. The van der Waals surface area contributed by atoms with E-state index in [1.807, 2.05) is 45.6 Å². The number of hydrogen-bond donors (Lipinski definition) is 2. The first kappa shape index (κ1) is 17.1. The van der Waals surface area contributed by atoms with E-state index in [0.717, 1.165) is 41.1 Å². The Bertz CT molecular complexity index is 655. The summed E-state index contributed by atoms with van der Waals surface area (Å²) >= 11 is 0. The van der Waals surface area contributed by atoms with Crippen molar-refractivity contribution >= 4 is 6.03 Å². The van der Waals surface area contributed by atoms with Crippen molar-refractivity contribution in [3.05, 3.63) is 34.5 Å². The first-order valence-electron chi connectivity index (χ1n) is 7.88. The van der Waals surface area contributed by atoms with Gasteiger partial charge in [0.1, 0.15) is 5.76 Å². The molecule has 0 bridgehead atoms. The number of urea groups is 1. The smallest absolute Gasteiger partial charge is 0.315 e. The maximum atomic E-state index is 12.1. The molecular formula is C16H25N5O2. The van der Waals surface area contributed by atoms with Gasteiger partial charge in [-0.25, -0.2) is 4.79 Å². The highest BCUT2D eigenvalue weighted by Crippen LogP contribution is 2.23. The van der Waals surface area contributed by atoms with Crippen LogP contribution in [0.4, 0.5) is 4.79 Å². The van der Waals surface area contributed by atoms with E-state index < -0.39 is 0 Å². The van der Waals surface area contributed by atoms with Gasteiger partial charge >= 0.3 is 6.03 Å². The quantitative estimate of drug-likeness (QED) is 0.856. The highest BCUT2D eigenvalue weighted by atomic mass is 16.5. The van der Waals surface area contributed by atoms with Crippen LogP contribution in [0.15, 0.2) is 10.7 Å². The van der Waals surface area contributed by atoms with Gasteiger partial charge in [0.2, 0.25) is 0 Å². The fourth-order valence-corrected chi connectivity index (χ4v) is 2.68. The maximum absolute atomic E-state index is 12.1. The summed E-state index contributed by atoms with van der Waals surface area (Å²) in [5.74, 6) is 0.751. The van der Waals surface area contributed by atoms with Gasteiger partial charge in [-0.05, 0) is 39.2 Å². The molecule has 0 aliphatic carbocycles. The topological polar surface area (TPSA) is 85.0 Å². The van der Waals surface area contributed by atoms with Crippen molar-refractivity contribution in [1.29, 1.82) is 0 Å². The summed E-state index contributed by atoms with van der Waals surface area (Å²) in [5.41, 5.74) is 4.05. The molecule has 7 nitrogen and oxygen atoms in total. The summed E-state index contributed by atoms with van der Waals surface area (Å²) in [6, 6.07) is -0.278. The first-order chi connectivity index (χ1) is 10.9. The second-order valence-electron chi connectivity index (χ2n) is 5.73. The summed E-state index contributed by atoms with van der Waals surface area (Å²) < 4.78 is 7.02. The Morgan fingerprint density at radius 1 is 1.39 bits per heavy atom. The summed E-state index contributed by atoms with van der Waals surface area (Å²) in [5, 5.41) is 14.0. The number of carbonyl (C=O) groups is 1. The lowest BCUT2D eigenvalue weighted by Gasteiger charge is -2.17. The van der Waals surface area contributed by atoms with Crippen molar-refractivity contribution < 1.29 is 9.32 Å². The van der Waals surface area contributed by atoms with E-state index in [2.05, 4.69) is 20.9 Å². The lowest BCUT2D eigenvalue weighted by Crippen LogP contribution is -2.39. The van der Waals surface area contributed by atoms with Crippen LogP contribution in [-0.2, 0) is 13.5 Å². The molecular weight excluding hydrogens is 294 g/mol. The predicted molar refractivity (Wildman–Crippen MR) is 87.2 cm³/mol. The standard InChI is InChI=1S/C16H25N5O2/c1-6-14(15-10(2)20-23-12(15)4)19-16(22)17-8-7-13-9-18-21(5)11(13)3/h9,14H,6-8H2,1-5H3,(H2,17,19,22)/t14-/m0/s1. The number of hydrogen-bond acceptors (Lipinski definition) is 4. The number of nitrogens with one attached hydrogen (secondary N) is 2. The minimum Gasteiger partial charge on any atom is -0.361 e. The van der Waals surface area contributed by atoms with Crippen molar-refractivity contribution in [2.24, 2.45) is 7.05 Å². The zero-order chi connectivity index (χ0) is 17.0. The average Bonchev–Trinajstić information content (AvgIpc) is 3.01. The van der Waals surface area contributed by atoms with E-state index in [0.29, 0.717) is 6.54 Å². The molecule has 0 saturated carbocycles. The van der Waals surface area contributed by atoms with Crippen molar-refractivity contribution in [3.63, 3.8) is 0 Å². The highest BCUT2D eigenvalue weighted by Gasteiger charge is 2.20. The Morgan fingerprint density at radius 2 is 2.13 bits per heavy atom. The number of aromatic nitrogens is 3. The van der Waals surface area contributed by atoms with Crippen molar-refractivity contribution in [2.75, 3.05) is 6.54 Å². The van der Waals surface area contributed by atoms with E-state index in [1.54, 1.807) is 0 Å². The molecule has 7 heteroatoms. The molecule has 0 unspecified atom stereocenters. The molecule has 0 fully saturated rings. The molecule has 0 radical (unpaired) electrons. The van der Waals surface area contributed by atoms with Gasteiger partial charge < -0.3 is 15.2 Å². The van der Waals surface area contributed by atoms with Gasteiger partial charge in [-0.2, -0.15) is 5.10 Å². The summed E-state index contributed by atoms with van der Waals surface area (Å²) in [6.07, 6.45) is 3.38. The number of aryl methyl sites for hydroxylation is 3. The van der Waals surface area contributed by atoms with Crippen molar-refractivity contribution in [2.45, 2.75) is 46.6 Å². The molecule has 2 heterocycles. The Labute approximate surface area is 136 Å². The molecule has 2 N–H and O–H groups in total. The minimum absolute atomic E-state index is 0.0959. The van der Waals surface area contributed by atoms with Crippen LogP contribution in [0, 0.1) is 20.8 Å². The molecule has 1 atom stereocenters. The van der Waals surface area contributed by atoms with Crippen LogP contribution in [0.5, 0.6) is 0 Å². The van der Waals surface area contributed by atoms with Crippen LogP contribution in [0.25, 0.3) is 0 Å². The Kier molecular flexibility index (Phi) is 5.41. The van der Waals surface area contributed by atoms with Gasteiger partial charge in [0.25, 0.3) is 0 Å². The largest absolute Gasteiger partial charge is 0.361 e. The molecule has 2 amide bonds. The molecule has 0 saturated heterocycles. The average molecular weight is 319 g/mol. The summed E-state index contributed by atoms with van der Waals surface area (Å²) in [4.78, 5) is 12.1. The SMILES string of the molecule is CC[C@H](NC(=O)NCCc1cnn(C)c1C)c1c(C)noc1C. The van der Waals surface area contributed by atoms with Crippen molar-refractivity contribution in [3.8, 4) is 0 Å².